The van der Waals surface area contributed by atoms with E-state index in [9.17, 15) is 0 Å². The summed E-state index contributed by atoms with van der Waals surface area (Å²) in [5, 5.41) is 3.49. The molecule has 4 nitrogen and oxygen atoms in total. The van der Waals surface area contributed by atoms with Crippen LogP contribution in [0.5, 0.6) is 0 Å². The van der Waals surface area contributed by atoms with Crippen molar-refractivity contribution in [2.45, 2.75) is 87.0 Å². The number of aromatic nitrogens is 1. The fourth-order valence-corrected chi connectivity index (χ4v) is 12.2. The van der Waals surface area contributed by atoms with Gasteiger partial charge in [0.25, 0.3) is 6.71 Å². The average Bonchev–Trinajstić information content (AvgIpc) is 3.88. The first-order chi connectivity index (χ1) is 34.6. The summed E-state index contributed by atoms with van der Waals surface area (Å²) >= 11 is 0. The van der Waals surface area contributed by atoms with Gasteiger partial charge in [0.15, 0.2) is 0 Å². The number of fused-ring (bicyclic) bond motifs is 8. The molecule has 0 saturated carbocycles. The Morgan fingerprint density at radius 1 is 0.542 bits per heavy atom. The molecule has 0 fully saturated rings. The summed E-state index contributed by atoms with van der Waals surface area (Å²) in [6, 6.07) is 54.7. The maximum atomic E-state index is 6.63. The van der Waals surface area contributed by atoms with Gasteiger partial charge in [-0.1, -0.05) is 151 Å². The normalized spacial score (nSPS) is 13.4. The third kappa shape index (κ3) is 6.80. The van der Waals surface area contributed by atoms with Crippen molar-refractivity contribution in [2.75, 3.05) is 9.80 Å². The lowest BCUT2D eigenvalue weighted by Crippen LogP contribution is -2.61. The predicted molar refractivity (Wildman–Crippen MR) is 311 cm³/mol. The van der Waals surface area contributed by atoms with Gasteiger partial charge in [-0.05, 0) is 161 Å². The molecular formula is C67H62BN3O. The predicted octanol–water partition coefficient (Wildman–Crippen LogP) is 16.8. The maximum absolute atomic E-state index is 6.63. The summed E-state index contributed by atoms with van der Waals surface area (Å²) in [5.41, 5.74) is 27.0. The summed E-state index contributed by atoms with van der Waals surface area (Å²) in [6.07, 6.45) is 6.50. The van der Waals surface area contributed by atoms with Crippen molar-refractivity contribution in [3.8, 4) is 16.8 Å². The minimum atomic E-state index is -0.161. The lowest BCUT2D eigenvalue weighted by atomic mass is 9.33. The molecule has 0 N–H and O–H groups in total. The van der Waals surface area contributed by atoms with Gasteiger partial charge in [0, 0.05) is 55.7 Å². The first kappa shape index (κ1) is 45.4. The van der Waals surface area contributed by atoms with E-state index in [4.69, 9.17) is 4.42 Å². The summed E-state index contributed by atoms with van der Waals surface area (Å²) in [4.78, 5) is 5.19. The molecule has 0 bridgehead atoms. The Kier molecular flexibility index (Phi) is 10.3. The van der Waals surface area contributed by atoms with Crippen LogP contribution in [0, 0.1) is 27.7 Å². The molecule has 0 spiro atoms. The van der Waals surface area contributed by atoms with Gasteiger partial charge in [0.05, 0.1) is 22.6 Å². The third-order valence-electron chi connectivity index (χ3n) is 15.6. The molecule has 0 radical (unpaired) electrons. The molecule has 8 aromatic carbocycles. The number of furan rings is 1. The highest BCUT2D eigenvalue weighted by molar-refractivity contribution is 7.00. The minimum absolute atomic E-state index is 0.0725. The molecule has 10 aromatic rings. The van der Waals surface area contributed by atoms with Gasteiger partial charge in [-0.25, -0.2) is 0 Å². The number of aryl methyl sites for hydroxylation is 4. The molecule has 12 rings (SSSR count). The quantitative estimate of drug-likeness (QED) is 0.155. The Morgan fingerprint density at radius 2 is 1.18 bits per heavy atom. The zero-order valence-electron chi connectivity index (χ0n) is 43.6. The molecule has 72 heavy (non-hydrogen) atoms. The smallest absolute Gasteiger partial charge is 0.252 e. The summed E-state index contributed by atoms with van der Waals surface area (Å²) < 4.78 is 9.10. The van der Waals surface area contributed by atoms with Crippen molar-refractivity contribution < 1.29 is 4.42 Å². The summed E-state index contributed by atoms with van der Waals surface area (Å²) in [5.74, 6) is 0. The van der Waals surface area contributed by atoms with Gasteiger partial charge >= 0.3 is 0 Å². The first-order valence-corrected chi connectivity index (χ1v) is 25.6. The SMILES string of the molecule is C=Cc1c(/C=C\C)c2cc3c(cc2n1-c1c(C)cccc1C)N(c1ccccc1)c1cc(C(C)(C)C)cc2c1B3c1cc(C(C)(C)C)ccc1N2c1c(C)cc(-c2cccc3c2oc2ccccc23)cc1C. The van der Waals surface area contributed by atoms with Crippen LogP contribution in [-0.2, 0) is 10.8 Å². The van der Waals surface area contributed by atoms with Crippen LogP contribution in [0.25, 0.3) is 61.8 Å². The highest BCUT2D eigenvalue weighted by Crippen LogP contribution is 2.50. The number of para-hydroxylation sites is 4. The Bertz CT molecular complexity index is 3880. The lowest BCUT2D eigenvalue weighted by molar-refractivity contribution is 0.590. The second kappa shape index (κ2) is 16.4. The molecule has 0 saturated heterocycles. The van der Waals surface area contributed by atoms with Crippen LogP contribution >= 0.6 is 0 Å². The van der Waals surface area contributed by atoms with E-state index < -0.39 is 0 Å². The number of anilines is 6. The largest absolute Gasteiger partial charge is 0.455 e. The molecule has 5 heteroatoms. The fourth-order valence-electron chi connectivity index (χ4n) is 12.2. The van der Waals surface area contributed by atoms with Gasteiger partial charge in [0.2, 0.25) is 0 Å². The van der Waals surface area contributed by atoms with Gasteiger partial charge < -0.3 is 18.8 Å². The summed E-state index contributed by atoms with van der Waals surface area (Å²) in [6.45, 7) is 29.6. The lowest BCUT2D eigenvalue weighted by Gasteiger charge is -2.46. The molecule has 2 aliphatic heterocycles. The van der Waals surface area contributed by atoms with Gasteiger partial charge in [-0.2, -0.15) is 0 Å². The van der Waals surface area contributed by atoms with Gasteiger partial charge in [-0.15, -0.1) is 0 Å². The van der Waals surface area contributed by atoms with Crippen molar-refractivity contribution in [1.29, 1.82) is 0 Å². The van der Waals surface area contributed by atoms with E-state index in [0.29, 0.717) is 0 Å². The van der Waals surface area contributed by atoms with E-state index in [1.807, 2.05) is 12.1 Å². The van der Waals surface area contributed by atoms with Gasteiger partial charge in [-0.3, -0.25) is 0 Å². The van der Waals surface area contributed by atoms with Crippen LogP contribution in [0.3, 0.4) is 0 Å². The molecule has 2 aromatic heterocycles. The van der Waals surface area contributed by atoms with E-state index in [1.54, 1.807) is 0 Å². The summed E-state index contributed by atoms with van der Waals surface area (Å²) in [7, 11) is 0. The molecule has 2 aliphatic rings. The number of hydrogen-bond donors (Lipinski definition) is 0. The Labute approximate surface area is 425 Å². The van der Waals surface area contributed by atoms with Gasteiger partial charge in [0.1, 0.15) is 11.2 Å². The zero-order chi connectivity index (χ0) is 50.1. The highest BCUT2D eigenvalue weighted by atomic mass is 16.3. The zero-order valence-corrected chi connectivity index (χ0v) is 43.6. The number of hydrogen-bond acceptors (Lipinski definition) is 3. The third-order valence-corrected chi connectivity index (χ3v) is 15.6. The first-order valence-electron chi connectivity index (χ1n) is 25.6. The number of rotatable bonds is 6. The van der Waals surface area contributed by atoms with Crippen LogP contribution in [0.2, 0.25) is 0 Å². The second-order valence-electron chi connectivity index (χ2n) is 22.4. The number of allylic oxidation sites excluding steroid dienone is 1. The maximum Gasteiger partial charge on any atom is 0.252 e. The van der Waals surface area contributed by atoms with E-state index in [-0.39, 0.29) is 17.5 Å². The Balaban J connectivity index is 1.19. The molecule has 354 valence electrons. The van der Waals surface area contributed by atoms with Crippen molar-refractivity contribution in [2.24, 2.45) is 0 Å². The van der Waals surface area contributed by atoms with Crippen molar-refractivity contribution in [3.63, 3.8) is 0 Å². The number of benzene rings is 8. The molecule has 0 amide bonds. The average molecular weight is 936 g/mol. The van der Waals surface area contributed by atoms with Crippen LogP contribution in [0.4, 0.5) is 34.1 Å². The Morgan fingerprint density at radius 3 is 1.86 bits per heavy atom. The Hall–Kier alpha value is -7.76. The second-order valence-corrected chi connectivity index (χ2v) is 22.4. The van der Waals surface area contributed by atoms with Crippen molar-refractivity contribution in [3.05, 3.63) is 203 Å². The topological polar surface area (TPSA) is 24.6 Å². The molecular weight excluding hydrogens is 874 g/mol. The van der Waals surface area contributed by atoms with Crippen LogP contribution in [0.1, 0.15) is 93.1 Å². The van der Waals surface area contributed by atoms with E-state index >= 15 is 0 Å². The fraction of sp³-hybridized carbons (Fsp3) is 0.194. The molecule has 0 aliphatic carbocycles. The van der Waals surface area contributed by atoms with Crippen LogP contribution in [0.15, 0.2) is 163 Å². The molecule has 0 unspecified atom stereocenters. The number of nitrogens with zero attached hydrogens (tertiary/aromatic N) is 3. The highest BCUT2D eigenvalue weighted by Gasteiger charge is 2.45. The standard InChI is InChI=1S/C67H62BN3O/c1-13-22-49-52-38-54-58(39-57(52)70(55(49)14-2)63-40(3)23-20-24-41(63)4)69(47-25-16-15-17-26-47)59-36-46(67(10,11)12)37-60-62(59)68(54)53-35-45(66(7,8)9)31-32-56(53)71(60)64-42(5)33-44(34-43(64)6)48-28-21-29-51-50-27-18-19-30-61(50)72-65(48)51/h13-39H,2H2,1,3-12H3/b22-13-. The van der Waals surface area contributed by atoms with E-state index in [2.05, 4.69) is 249 Å². The van der Waals surface area contributed by atoms with Crippen molar-refractivity contribution >= 4 is 102 Å². The van der Waals surface area contributed by atoms with Crippen LogP contribution < -0.4 is 26.2 Å². The van der Waals surface area contributed by atoms with E-state index in [1.165, 1.54) is 94.8 Å². The van der Waals surface area contributed by atoms with Crippen molar-refractivity contribution in [1.82, 2.24) is 4.57 Å². The molecule has 4 heterocycles. The van der Waals surface area contributed by atoms with Crippen LogP contribution in [-0.4, -0.2) is 11.3 Å². The monoisotopic (exact) mass is 935 g/mol. The minimum Gasteiger partial charge on any atom is -0.455 e. The van der Waals surface area contributed by atoms with E-state index in [0.717, 1.165) is 50.0 Å². The molecule has 0 atom stereocenters.